The summed E-state index contributed by atoms with van der Waals surface area (Å²) in [5.74, 6) is 0.875. The lowest BCUT2D eigenvalue weighted by Gasteiger charge is -2.38. The SMILES string of the molecule is N#CC1=C(N)OC2=C(CN(Cc3ccccc3)C/C2=C\c2cccs2)[C@@H]1c1cccs1. The molecule has 154 valence electrons. The van der Waals surface area contributed by atoms with E-state index in [1.807, 2.05) is 17.5 Å². The first kappa shape index (κ1) is 19.8. The van der Waals surface area contributed by atoms with Crippen LogP contribution < -0.4 is 5.73 Å². The molecule has 0 fully saturated rings. The molecule has 0 unspecified atom stereocenters. The Balaban J connectivity index is 1.60. The van der Waals surface area contributed by atoms with Crippen molar-refractivity contribution >= 4 is 28.7 Å². The third kappa shape index (κ3) is 3.96. The van der Waals surface area contributed by atoms with Gasteiger partial charge < -0.3 is 10.5 Å². The van der Waals surface area contributed by atoms with Crippen LogP contribution >= 0.6 is 22.7 Å². The van der Waals surface area contributed by atoms with Crippen molar-refractivity contribution in [3.63, 3.8) is 0 Å². The van der Waals surface area contributed by atoms with E-state index in [1.54, 1.807) is 22.7 Å². The largest absolute Gasteiger partial charge is 0.440 e. The number of hydrogen-bond acceptors (Lipinski definition) is 6. The highest BCUT2D eigenvalue weighted by atomic mass is 32.1. The molecule has 0 amide bonds. The van der Waals surface area contributed by atoms with Gasteiger partial charge in [-0.1, -0.05) is 42.5 Å². The summed E-state index contributed by atoms with van der Waals surface area (Å²) >= 11 is 3.35. The molecule has 6 heteroatoms. The molecule has 3 aromatic rings. The molecular weight excluding hydrogens is 422 g/mol. The van der Waals surface area contributed by atoms with E-state index in [-0.39, 0.29) is 11.8 Å². The number of hydrogen-bond donors (Lipinski definition) is 1. The summed E-state index contributed by atoms with van der Waals surface area (Å²) in [6.45, 7) is 2.32. The van der Waals surface area contributed by atoms with E-state index in [2.05, 4.69) is 64.9 Å². The van der Waals surface area contributed by atoms with Crippen LogP contribution in [-0.4, -0.2) is 18.0 Å². The summed E-state index contributed by atoms with van der Waals surface area (Å²) in [7, 11) is 0. The van der Waals surface area contributed by atoms with Crippen LogP contribution in [0, 0.1) is 11.3 Å². The number of benzene rings is 1. The number of rotatable bonds is 4. The second-order valence-corrected chi connectivity index (χ2v) is 9.57. The zero-order chi connectivity index (χ0) is 21.2. The van der Waals surface area contributed by atoms with Gasteiger partial charge in [-0.2, -0.15) is 5.26 Å². The smallest absolute Gasteiger partial charge is 0.205 e. The lowest BCUT2D eigenvalue weighted by atomic mass is 9.83. The van der Waals surface area contributed by atoms with Gasteiger partial charge in [0.2, 0.25) is 5.88 Å². The molecule has 1 aromatic carbocycles. The molecule has 0 aliphatic carbocycles. The maximum atomic E-state index is 9.88. The number of ether oxygens (including phenoxy) is 1. The standard InChI is InChI=1S/C25H21N3OS2/c26-13-20-23(22-9-5-11-31-22)21-16-28(14-17-6-2-1-3-7-17)15-18(24(21)29-25(20)27)12-19-8-4-10-30-19/h1-12,23H,14-16,27H2/b18-12+/t23-/m1/s1. The molecule has 0 saturated carbocycles. The van der Waals surface area contributed by atoms with Gasteiger partial charge in [-0.05, 0) is 34.5 Å². The molecule has 4 heterocycles. The molecule has 2 aliphatic rings. The molecule has 2 N–H and O–H groups in total. The molecule has 31 heavy (non-hydrogen) atoms. The molecule has 2 aliphatic heterocycles. The lowest BCUT2D eigenvalue weighted by molar-refractivity contribution is 0.230. The second kappa shape index (κ2) is 8.56. The first-order valence-corrected chi connectivity index (χ1v) is 11.8. The van der Waals surface area contributed by atoms with E-state index in [0.29, 0.717) is 5.57 Å². The lowest BCUT2D eigenvalue weighted by Crippen LogP contribution is -2.37. The van der Waals surface area contributed by atoms with Gasteiger partial charge in [-0.25, -0.2) is 0 Å². The zero-order valence-electron chi connectivity index (χ0n) is 16.8. The quantitative estimate of drug-likeness (QED) is 0.581. The maximum Gasteiger partial charge on any atom is 0.205 e. The number of allylic oxidation sites excluding steroid dienone is 1. The Morgan fingerprint density at radius 2 is 1.87 bits per heavy atom. The Bertz CT molecular complexity index is 1200. The Morgan fingerprint density at radius 1 is 1.06 bits per heavy atom. The molecule has 2 aromatic heterocycles. The number of nitrogens with zero attached hydrogens (tertiary/aromatic N) is 2. The van der Waals surface area contributed by atoms with Gasteiger partial charge in [0.1, 0.15) is 17.4 Å². The molecular formula is C25H21N3OS2. The van der Waals surface area contributed by atoms with Gasteiger partial charge in [0.05, 0.1) is 5.92 Å². The fraction of sp³-hybridized carbons (Fsp3) is 0.160. The number of thiophene rings is 2. The second-order valence-electron chi connectivity index (χ2n) is 7.61. The third-order valence-electron chi connectivity index (χ3n) is 5.54. The minimum atomic E-state index is -0.168. The van der Waals surface area contributed by atoms with Crippen LogP contribution in [0.25, 0.3) is 6.08 Å². The summed E-state index contributed by atoms with van der Waals surface area (Å²) < 4.78 is 6.11. The van der Waals surface area contributed by atoms with Gasteiger partial charge in [0.15, 0.2) is 0 Å². The van der Waals surface area contributed by atoms with Crippen molar-refractivity contribution < 1.29 is 4.74 Å². The molecule has 0 saturated heterocycles. The first-order valence-electron chi connectivity index (χ1n) is 10.1. The van der Waals surface area contributed by atoms with E-state index >= 15 is 0 Å². The van der Waals surface area contributed by atoms with Crippen molar-refractivity contribution in [2.75, 3.05) is 13.1 Å². The molecule has 4 nitrogen and oxygen atoms in total. The predicted molar refractivity (Wildman–Crippen MR) is 126 cm³/mol. The molecule has 0 radical (unpaired) electrons. The van der Waals surface area contributed by atoms with Crippen LogP contribution in [0.5, 0.6) is 0 Å². The average Bonchev–Trinajstić information content (AvgIpc) is 3.48. The van der Waals surface area contributed by atoms with Crippen LogP contribution in [0.15, 0.2) is 93.7 Å². The average molecular weight is 444 g/mol. The van der Waals surface area contributed by atoms with Crippen molar-refractivity contribution in [2.45, 2.75) is 12.5 Å². The molecule has 1 atom stereocenters. The molecule has 0 bridgehead atoms. The summed E-state index contributed by atoms with van der Waals surface area (Å²) in [6.07, 6.45) is 2.19. The van der Waals surface area contributed by atoms with Crippen molar-refractivity contribution in [1.82, 2.24) is 4.90 Å². The normalized spacial score (nSPS) is 20.5. The highest BCUT2D eigenvalue weighted by Gasteiger charge is 2.38. The molecule has 5 rings (SSSR count). The Morgan fingerprint density at radius 3 is 2.58 bits per heavy atom. The van der Waals surface area contributed by atoms with Crippen molar-refractivity contribution in [2.24, 2.45) is 5.73 Å². The van der Waals surface area contributed by atoms with Crippen LogP contribution in [0.4, 0.5) is 0 Å². The molecule has 0 spiro atoms. The fourth-order valence-electron chi connectivity index (χ4n) is 4.22. The van der Waals surface area contributed by atoms with Crippen molar-refractivity contribution in [3.8, 4) is 6.07 Å². The Labute approximate surface area is 189 Å². The van der Waals surface area contributed by atoms with Gasteiger partial charge >= 0.3 is 0 Å². The van der Waals surface area contributed by atoms with E-state index in [0.717, 1.165) is 41.4 Å². The monoisotopic (exact) mass is 443 g/mol. The summed E-state index contributed by atoms with van der Waals surface area (Å²) in [5, 5.41) is 14.0. The van der Waals surface area contributed by atoms with E-state index in [1.165, 1.54) is 10.4 Å². The van der Waals surface area contributed by atoms with Crippen LogP contribution in [0.2, 0.25) is 0 Å². The van der Waals surface area contributed by atoms with E-state index in [9.17, 15) is 5.26 Å². The number of nitriles is 1. The third-order valence-corrected chi connectivity index (χ3v) is 7.30. The highest BCUT2D eigenvalue weighted by Crippen LogP contribution is 2.45. The predicted octanol–water partition coefficient (Wildman–Crippen LogP) is 5.47. The van der Waals surface area contributed by atoms with Crippen LogP contribution in [0.3, 0.4) is 0 Å². The van der Waals surface area contributed by atoms with Crippen LogP contribution in [0.1, 0.15) is 21.2 Å². The first-order chi connectivity index (χ1) is 15.2. The maximum absolute atomic E-state index is 9.88. The summed E-state index contributed by atoms with van der Waals surface area (Å²) in [6, 6.07) is 21.1. The number of nitrogens with two attached hydrogens (primary N) is 1. The zero-order valence-corrected chi connectivity index (χ0v) is 18.5. The highest BCUT2D eigenvalue weighted by molar-refractivity contribution is 7.10. The topological polar surface area (TPSA) is 62.3 Å². The van der Waals surface area contributed by atoms with Crippen LogP contribution in [-0.2, 0) is 11.3 Å². The van der Waals surface area contributed by atoms with Crippen molar-refractivity contribution in [1.29, 1.82) is 5.26 Å². The summed E-state index contributed by atoms with van der Waals surface area (Å²) in [5.41, 5.74) is 10.2. The fourth-order valence-corrected chi connectivity index (χ4v) is 5.77. The van der Waals surface area contributed by atoms with Gasteiger partial charge in [0.25, 0.3) is 0 Å². The minimum absolute atomic E-state index is 0.168. The van der Waals surface area contributed by atoms with Gasteiger partial charge in [-0.3, -0.25) is 4.90 Å². The van der Waals surface area contributed by atoms with Gasteiger partial charge in [-0.15, -0.1) is 22.7 Å². The Hall–Kier alpha value is -3.11. The minimum Gasteiger partial charge on any atom is -0.440 e. The Kier molecular flexibility index (Phi) is 5.47. The summed E-state index contributed by atoms with van der Waals surface area (Å²) in [4.78, 5) is 4.70. The van der Waals surface area contributed by atoms with E-state index < -0.39 is 0 Å². The van der Waals surface area contributed by atoms with Gasteiger partial charge in [0, 0.05) is 40.5 Å². The van der Waals surface area contributed by atoms with E-state index in [4.69, 9.17) is 10.5 Å². The van der Waals surface area contributed by atoms with Crippen molar-refractivity contribution in [3.05, 3.63) is 109 Å².